The molecule has 0 saturated heterocycles. The van der Waals surface area contributed by atoms with Crippen LogP contribution in [0.15, 0.2) is 4.99 Å². The number of aliphatic imine (C=N–C) groups is 1. The predicted octanol–water partition coefficient (Wildman–Crippen LogP) is 3.06. The zero-order valence-corrected chi connectivity index (χ0v) is 9.12. The van der Waals surface area contributed by atoms with Gasteiger partial charge in [0, 0.05) is 7.05 Å². The van der Waals surface area contributed by atoms with Gasteiger partial charge in [0.25, 0.3) is 0 Å². The molecular weight excluding hydrogens is 213 g/mol. The maximum Gasteiger partial charge on any atom is 0.114 e. The van der Waals surface area contributed by atoms with Gasteiger partial charge in [0.2, 0.25) is 0 Å². The molecule has 0 aromatic heterocycles. The summed E-state index contributed by atoms with van der Waals surface area (Å²) < 4.78 is 0. The number of halogens is 2. The van der Waals surface area contributed by atoms with Crippen molar-refractivity contribution in [2.24, 2.45) is 10.4 Å². The SMILES string of the molecule is CN=C(Cl)C(Br)C(C)(C)C. The summed E-state index contributed by atoms with van der Waals surface area (Å²) in [6, 6.07) is 0. The van der Waals surface area contributed by atoms with E-state index in [2.05, 4.69) is 41.7 Å². The molecule has 0 aromatic carbocycles. The van der Waals surface area contributed by atoms with Gasteiger partial charge >= 0.3 is 0 Å². The second-order valence-electron chi connectivity index (χ2n) is 3.27. The Labute approximate surface area is 76.0 Å². The smallest absolute Gasteiger partial charge is 0.114 e. The van der Waals surface area contributed by atoms with Gasteiger partial charge in [0.15, 0.2) is 0 Å². The second-order valence-corrected chi connectivity index (χ2v) is 4.58. The molecule has 60 valence electrons. The normalized spacial score (nSPS) is 17.2. The van der Waals surface area contributed by atoms with Gasteiger partial charge in [-0.1, -0.05) is 48.3 Å². The average molecular weight is 227 g/mol. The van der Waals surface area contributed by atoms with Crippen LogP contribution in [0.5, 0.6) is 0 Å². The van der Waals surface area contributed by atoms with Crippen molar-refractivity contribution in [2.75, 3.05) is 7.05 Å². The van der Waals surface area contributed by atoms with Gasteiger partial charge < -0.3 is 0 Å². The lowest BCUT2D eigenvalue weighted by atomic mass is 9.93. The summed E-state index contributed by atoms with van der Waals surface area (Å²) in [7, 11) is 1.70. The summed E-state index contributed by atoms with van der Waals surface area (Å²) in [5, 5.41) is 0.632. The quantitative estimate of drug-likeness (QED) is 0.481. The molecule has 3 heteroatoms. The molecule has 10 heavy (non-hydrogen) atoms. The molecule has 1 nitrogen and oxygen atoms in total. The van der Waals surface area contributed by atoms with Crippen LogP contribution in [0.4, 0.5) is 0 Å². The van der Waals surface area contributed by atoms with E-state index in [1.54, 1.807) is 7.05 Å². The van der Waals surface area contributed by atoms with Crippen molar-refractivity contribution >= 4 is 32.7 Å². The molecule has 0 amide bonds. The molecule has 0 radical (unpaired) electrons. The third-order valence-corrected chi connectivity index (χ3v) is 3.64. The van der Waals surface area contributed by atoms with Crippen LogP contribution in [0.25, 0.3) is 0 Å². The Bertz CT molecular complexity index is 137. The van der Waals surface area contributed by atoms with E-state index in [1.165, 1.54) is 0 Å². The molecule has 0 bridgehead atoms. The third-order valence-electron chi connectivity index (χ3n) is 1.18. The Morgan fingerprint density at radius 1 is 1.50 bits per heavy atom. The van der Waals surface area contributed by atoms with Gasteiger partial charge in [0.1, 0.15) is 5.17 Å². The fourth-order valence-corrected chi connectivity index (χ4v) is 1.00. The number of hydrogen-bond donors (Lipinski definition) is 0. The Balaban J connectivity index is 4.23. The minimum absolute atomic E-state index is 0.136. The highest BCUT2D eigenvalue weighted by atomic mass is 79.9. The molecule has 1 unspecified atom stereocenters. The van der Waals surface area contributed by atoms with Crippen LogP contribution in [-0.2, 0) is 0 Å². The maximum absolute atomic E-state index is 5.80. The largest absolute Gasteiger partial charge is 0.280 e. The molecule has 0 aliphatic carbocycles. The molecule has 0 saturated carbocycles. The lowest BCUT2D eigenvalue weighted by molar-refractivity contribution is 0.451. The molecule has 0 heterocycles. The van der Waals surface area contributed by atoms with Gasteiger partial charge in [-0.2, -0.15) is 0 Å². The standard InChI is InChI=1S/C7H13BrClN/c1-7(2,3)5(8)6(9)10-4/h5H,1-4H3. The first-order chi connectivity index (χ1) is 4.39. The molecule has 0 aliphatic heterocycles. The van der Waals surface area contributed by atoms with Crippen molar-refractivity contribution in [2.45, 2.75) is 25.6 Å². The van der Waals surface area contributed by atoms with Crippen LogP contribution in [-0.4, -0.2) is 17.0 Å². The molecule has 0 aliphatic rings. The average Bonchev–Trinajstić information content (AvgIpc) is 1.83. The summed E-state index contributed by atoms with van der Waals surface area (Å²) in [5.74, 6) is 0. The minimum atomic E-state index is 0.136. The van der Waals surface area contributed by atoms with E-state index in [0.29, 0.717) is 5.17 Å². The van der Waals surface area contributed by atoms with Crippen LogP contribution in [0.2, 0.25) is 0 Å². The minimum Gasteiger partial charge on any atom is -0.280 e. The summed E-state index contributed by atoms with van der Waals surface area (Å²) in [6.45, 7) is 6.33. The fraction of sp³-hybridized carbons (Fsp3) is 0.857. The van der Waals surface area contributed by atoms with Crippen molar-refractivity contribution in [1.82, 2.24) is 0 Å². The zero-order valence-electron chi connectivity index (χ0n) is 6.78. The van der Waals surface area contributed by atoms with Gasteiger partial charge in [-0.25, -0.2) is 0 Å². The predicted molar refractivity (Wildman–Crippen MR) is 51.4 cm³/mol. The molecule has 0 fully saturated rings. The van der Waals surface area contributed by atoms with E-state index in [4.69, 9.17) is 11.6 Å². The van der Waals surface area contributed by atoms with Crippen LogP contribution < -0.4 is 0 Å². The van der Waals surface area contributed by atoms with Crippen molar-refractivity contribution < 1.29 is 0 Å². The summed E-state index contributed by atoms with van der Waals surface area (Å²) in [5.41, 5.74) is 0.136. The third kappa shape index (κ3) is 3.02. The first-order valence-corrected chi connectivity index (χ1v) is 4.45. The van der Waals surface area contributed by atoms with Crippen LogP contribution in [0.3, 0.4) is 0 Å². The summed E-state index contributed by atoms with van der Waals surface area (Å²) in [4.78, 5) is 4.05. The molecule has 0 aromatic rings. The second kappa shape index (κ2) is 3.72. The van der Waals surface area contributed by atoms with E-state index in [0.717, 1.165) is 0 Å². The van der Waals surface area contributed by atoms with Gasteiger partial charge in [0.05, 0.1) is 4.83 Å². The summed E-state index contributed by atoms with van der Waals surface area (Å²) in [6.07, 6.45) is 0. The highest BCUT2D eigenvalue weighted by Gasteiger charge is 2.24. The van der Waals surface area contributed by atoms with E-state index < -0.39 is 0 Å². The maximum atomic E-state index is 5.80. The van der Waals surface area contributed by atoms with Gasteiger partial charge in [-0.15, -0.1) is 0 Å². The first-order valence-electron chi connectivity index (χ1n) is 3.16. The number of rotatable bonds is 1. The Morgan fingerprint density at radius 3 is 2.00 bits per heavy atom. The van der Waals surface area contributed by atoms with E-state index in [1.807, 2.05) is 0 Å². The van der Waals surface area contributed by atoms with Crippen molar-refractivity contribution in [3.05, 3.63) is 0 Å². The van der Waals surface area contributed by atoms with Crippen molar-refractivity contribution in [1.29, 1.82) is 0 Å². The van der Waals surface area contributed by atoms with E-state index >= 15 is 0 Å². The van der Waals surface area contributed by atoms with Gasteiger partial charge in [-0.3, -0.25) is 4.99 Å². The molecule has 0 spiro atoms. The highest BCUT2D eigenvalue weighted by Crippen LogP contribution is 2.28. The topological polar surface area (TPSA) is 12.4 Å². The Kier molecular flexibility index (Phi) is 3.89. The van der Waals surface area contributed by atoms with Crippen LogP contribution in [0.1, 0.15) is 20.8 Å². The molecule has 0 N–H and O–H groups in total. The Hall–Kier alpha value is 0.440. The van der Waals surface area contributed by atoms with Crippen LogP contribution in [0, 0.1) is 5.41 Å². The monoisotopic (exact) mass is 225 g/mol. The molecule has 1 atom stereocenters. The number of nitrogens with zero attached hydrogens (tertiary/aromatic N) is 1. The highest BCUT2D eigenvalue weighted by molar-refractivity contribution is 9.10. The zero-order chi connectivity index (χ0) is 8.36. The van der Waals surface area contributed by atoms with E-state index in [-0.39, 0.29) is 10.2 Å². The first kappa shape index (κ1) is 10.4. The number of alkyl halides is 1. The fourth-order valence-electron chi connectivity index (χ4n) is 0.471. The molecular formula is C7H13BrClN. The van der Waals surface area contributed by atoms with Crippen molar-refractivity contribution in [3.8, 4) is 0 Å². The van der Waals surface area contributed by atoms with E-state index in [9.17, 15) is 0 Å². The van der Waals surface area contributed by atoms with Gasteiger partial charge in [-0.05, 0) is 5.41 Å². The lowest BCUT2D eigenvalue weighted by Crippen LogP contribution is -2.25. The lowest BCUT2D eigenvalue weighted by Gasteiger charge is -2.23. The molecule has 0 rings (SSSR count). The van der Waals surface area contributed by atoms with Crippen molar-refractivity contribution in [3.63, 3.8) is 0 Å². The summed E-state index contributed by atoms with van der Waals surface area (Å²) >= 11 is 9.26. The van der Waals surface area contributed by atoms with Crippen LogP contribution >= 0.6 is 27.5 Å². The number of hydrogen-bond acceptors (Lipinski definition) is 1. The Morgan fingerprint density at radius 2 is 1.90 bits per heavy atom.